The maximum absolute atomic E-state index is 11.9. The molecule has 19 heavy (non-hydrogen) atoms. The molecule has 0 aromatic carbocycles. The standard InChI is InChI=1S/C13H22N2O4/c1-8(11-3-2-6-19-11)14-13(18)15-10(7-12(16)17)9-4-5-9/h8-11H,2-7H2,1H3,(H,16,17)(H2,14,15,18). The fourth-order valence-electron chi connectivity index (χ4n) is 2.53. The van der Waals surface area contributed by atoms with Gasteiger partial charge in [-0.2, -0.15) is 0 Å². The average molecular weight is 270 g/mol. The molecular weight excluding hydrogens is 248 g/mol. The van der Waals surface area contributed by atoms with Gasteiger partial charge in [-0.25, -0.2) is 4.79 Å². The van der Waals surface area contributed by atoms with Crippen molar-refractivity contribution in [2.45, 2.75) is 57.2 Å². The molecule has 108 valence electrons. The van der Waals surface area contributed by atoms with Crippen molar-refractivity contribution < 1.29 is 19.4 Å². The number of nitrogens with one attached hydrogen (secondary N) is 2. The molecule has 1 saturated heterocycles. The summed E-state index contributed by atoms with van der Waals surface area (Å²) in [6.45, 7) is 2.67. The highest BCUT2D eigenvalue weighted by Crippen LogP contribution is 2.34. The molecule has 0 aromatic heterocycles. The lowest BCUT2D eigenvalue weighted by Crippen LogP contribution is -2.49. The lowest BCUT2D eigenvalue weighted by Gasteiger charge is -2.22. The molecule has 2 aliphatic rings. The summed E-state index contributed by atoms with van der Waals surface area (Å²) in [4.78, 5) is 22.6. The lowest BCUT2D eigenvalue weighted by atomic mass is 10.1. The van der Waals surface area contributed by atoms with Gasteiger partial charge in [0.2, 0.25) is 0 Å². The van der Waals surface area contributed by atoms with Crippen LogP contribution >= 0.6 is 0 Å². The Bertz CT molecular complexity index is 338. The van der Waals surface area contributed by atoms with Crippen molar-refractivity contribution in [3.8, 4) is 0 Å². The number of hydrogen-bond donors (Lipinski definition) is 3. The average Bonchev–Trinajstić information content (AvgIpc) is 3.02. The van der Waals surface area contributed by atoms with Crippen LogP contribution in [0.3, 0.4) is 0 Å². The highest BCUT2D eigenvalue weighted by Gasteiger charge is 2.34. The van der Waals surface area contributed by atoms with Gasteiger partial charge >= 0.3 is 12.0 Å². The SMILES string of the molecule is CC(NC(=O)NC(CC(=O)O)C1CC1)C1CCCO1. The summed E-state index contributed by atoms with van der Waals surface area (Å²) >= 11 is 0. The Kier molecular flexibility index (Phi) is 4.63. The van der Waals surface area contributed by atoms with Crippen LogP contribution in [0, 0.1) is 5.92 Å². The number of carbonyl (C=O) groups excluding carboxylic acids is 1. The second-order valence-electron chi connectivity index (χ2n) is 5.50. The maximum atomic E-state index is 11.9. The van der Waals surface area contributed by atoms with E-state index in [9.17, 15) is 9.59 Å². The van der Waals surface area contributed by atoms with Crippen LogP contribution in [0.2, 0.25) is 0 Å². The van der Waals surface area contributed by atoms with E-state index < -0.39 is 5.97 Å². The number of aliphatic carboxylic acids is 1. The predicted octanol–water partition coefficient (Wildman–Crippen LogP) is 1.11. The van der Waals surface area contributed by atoms with E-state index in [2.05, 4.69) is 10.6 Å². The Morgan fingerprint density at radius 3 is 2.58 bits per heavy atom. The van der Waals surface area contributed by atoms with Gasteiger partial charge in [0.1, 0.15) is 0 Å². The van der Waals surface area contributed by atoms with Crippen LogP contribution in [0.1, 0.15) is 39.0 Å². The number of carboxylic acids is 1. The normalized spacial score (nSPS) is 25.6. The third kappa shape index (κ3) is 4.38. The van der Waals surface area contributed by atoms with E-state index in [1.807, 2.05) is 6.92 Å². The first-order valence-corrected chi connectivity index (χ1v) is 6.96. The minimum atomic E-state index is -0.871. The topological polar surface area (TPSA) is 87.7 Å². The number of hydrogen-bond acceptors (Lipinski definition) is 3. The molecule has 6 nitrogen and oxygen atoms in total. The van der Waals surface area contributed by atoms with Gasteiger partial charge in [0.05, 0.1) is 18.6 Å². The van der Waals surface area contributed by atoms with Crippen LogP contribution in [0.25, 0.3) is 0 Å². The molecular formula is C13H22N2O4. The van der Waals surface area contributed by atoms with Crippen molar-refractivity contribution in [1.29, 1.82) is 0 Å². The second kappa shape index (κ2) is 6.23. The van der Waals surface area contributed by atoms with Gasteiger partial charge in [0, 0.05) is 12.6 Å². The third-order valence-electron chi connectivity index (χ3n) is 3.78. The lowest BCUT2D eigenvalue weighted by molar-refractivity contribution is -0.137. The van der Waals surface area contributed by atoms with Gasteiger partial charge < -0.3 is 20.5 Å². The number of ether oxygens (including phenoxy) is 1. The Labute approximate surface area is 112 Å². The fraction of sp³-hybridized carbons (Fsp3) is 0.846. The number of rotatable bonds is 6. The van der Waals surface area contributed by atoms with E-state index in [4.69, 9.17) is 9.84 Å². The van der Waals surface area contributed by atoms with Crippen LogP contribution < -0.4 is 10.6 Å². The zero-order valence-electron chi connectivity index (χ0n) is 11.2. The maximum Gasteiger partial charge on any atom is 0.315 e. The van der Waals surface area contributed by atoms with Crippen molar-refractivity contribution in [2.75, 3.05) is 6.61 Å². The molecule has 1 aliphatic carbocycles. The summed E-state index contributed by atoms with van der Waals surface area (Å²) < 4.78 is 5.51. The summed E-state index contributed by atoms with van der Waals surface area (Å²) in [6, 6.07) is -0.595. The zero-order valence-corrected chi connectivity index (χ0v) is 11.2. The van der Waals surface area contributed by atoms with Crippen LogP contribution in [-0.2, 0) is 9.53 Å². The van der Waals surface area contributed by atoms with Crippen LogP contribution in [-0.4, -0.2) is 41.9 Å². The number of carbonyl (C=O) groups is 2. The van der Waals surface area contributed by atoms with Gasteiger partial charge in [-0.15, -0.1) is 0 Å². The van der Waals surface area contributed by atoms with E-state index in [0.29, 0.717) is 5.92 Å². The van der Waals surface area contributed by atoms with Crippen molar-refractivity contribution >= 4 is 12.0 Å². The first kappa shape index (κ1) is 14.1. The monoisotopic (exact) mass is 270 g/mol. The Morgan fingerprint density at radius 2 is 2.05 bits per heavy atom. The summed E-state index contributed by atoms with van der Waals surface area (Å²) in [7, 11) is 0. The molecule has 6 heteroatoms. The molecule has 3 unspecified atom stereocenters. The van der Waals surface area contributed by atoms with Crippen molar-refractivity contribution in [2.24, 2.45) is 5.92 Å². The molecule has 1 aliphatic heterocycles. The predicted molar refractivity (Wildman–Crippen MR) is 68.9 cm³/mol. The fourth-order valence-corrected chi connectivity index (χ4v) is 2.53. The Hall–Kier alpha value is -1.30. The van der Waals surface area contributed by atoms with E-state index in [1.165, 1.54) is 0 Å². The van der Waals surface area contributed by atoms with E-state index in [-0.39, 0.29) is 30.6 Å². The minimum absolute atomic E-state index is 0.00754. The summed E-state index contributed by atoms with van der Waals surface area (Å²) in [5.41, 5.74) is 0. The molecule has 2 amide bonds. The summed E-state index contributed by atoms with van der Waals surface area (Å²) in [6.07, 6.45) is 4.06. The van der Waals surface area contributed by atoms with E-state index in [1.54, 1.807) is 0 Å². The van der Waals surface area contributed by atoms with Crippen molar-refractivity contribution in [3.63, 3.8) is 0 Å². The Morgan fingerprint density at radius 1 is 1.32 bits per heavy atom. The highest BCUT2D eigenvalue weighted by molar-refractivity contribution is 5.76. The van der Waals surface area contributed by atoms with Gasteiger partial charge in [0.15, 0.2) is 0 Å². The second-order valence-corrected chi connectivity index (χ2v) is 5.50. The molecule has 3 N–H and O–H groups in total. The number of amides is 2. The number of carboxylic acid groups (broad SMARTS) is 1. The first-order valence-electron chi connectivity index (χ1n) is 6.96. The summed E-state index contributed by atoms with van der Waals surface area (Å²) in [5.74, 6) is -0.552. The number of urea groups is 1. The quantitative estimate of drug-likeness (QED) is 0.674. The molecule has 2 fully saturated rings. The van der Waals surface area contributed by atoms with Gasteiger partial charge in [0.25, 0.3) is 0 Å². The van der Waals surface area contributed by atoms with Crippen LogP contribution in [0.4, 0.5) is 4.79 Å². The molecule has 2 rings (SSSR count). The molecule has 0 spiro atoms. The highest BCUT2D eigenvalue weighted by atomic mass is 16.5. The smallest absolute Gasteiger partial charge is 0.315 e. The Balaban J connectivity index is 1.76. The minimum Gasteiger partial charge on any atom is -0.481 e. The molecule has 0 radical (unpaired) electrons. The molecule has 0 bridgehead atoms. The van der Waals surface area contributed by atoms with Crippen LogP contribution in [0.5, 0.6) is 0 Å². The van der Waals surface area contributed by atoms with Gasteiger partial charge in [-0.3, -0.25) is 4.79 Å². The molecule has 0 aromatic rings. The summed E-state index contributed by atoms with van der Waals surface area (Å²) in [5, 5.41) is 14.5. The molecule has 1 saturated carbocycles. The largest absolute Gasteiger partial charge is 0.481 e. The van der Waals surface area contributed by atoms with Crippen molar-refractivity contribution in [1.82, 2.24) is 10.6 Å². The van der Waals surface area contributed by atoms with E-state index in [0.717, 1.165) is 32.3 Å². The third-order valence-corrected chi connectivity index (χ3v) is 3.78. The first-order chi connectivity index (χ1) is 9.06. The van der Waals surface area contributed by atoms with E-state index >= 15 is 0 Å². The van der Waals surface area contributed by atoms with Crippen LogP contribution in [0.15, 0.2) is 0 Å². The van der Waals surface area contributed by atoms with Gasteiger partial charge in [-0.05, 0) is 38.5 Å². The van der Waals surface area contributed by atoms with Crippen molar-refractivity contribution in [3.05, 3.63) is 0 Å². The zero-order chi connectivity index (χ0) is 13.8. The van der Waals surface area contributed by atoms with Gasteiger partial charge in [-0.1, -0.05) is 0 Å². The molecule has 1 heterocycles. The molecule has 3 atom stereocenters.